The lowest BCUT2D eigenvalue weighted by atomic mass is 10.4. The van der Waals surface area contributed by atoms with Crippen molar-refractivity contribution in [1.29, 1.82) is 0 Å². The normalized spacial score (nSPS) is 20.4. The van der Waals surface area contributed by atoms with Crippen LogP contribution in [-0.4, -0.2) is 36.7 Å². The number of rotatable bonds is 2. The third kappa shape index (κ3) is 2.34. The van der Waals surface area contributed by atoms with Gasteiger partial charge in [-0.25, -0.2) is 13.4 Å². The van der Waals surface area contributed by atoms with Crippen LogP contribution in [0.2, 0.25) is 0 Å². The Bertz CT molecular complexity index is 458. The van der Waals surface area contributed by atoms with Crippen molar-refractivity contribution in [3.8, 4) is 0 Å². The highest BCUT2D eigenvalue weighted by atomic mass is 35.5. The van der Waals surface area contributed by atoms with E-state index in [1.807, 2.05) is 0 Å². The number of sulfone groups is 1. The quantitative estimate of drug-likeness (QED) is 0.833. The molecule has 0 aromatic carbocycles. The van der Waals surface area contributed by atoms with Crippen molar-refractivity contribution in [2.75, 3.05) is 13.1 Å². The molecule has 7 heteroatoms. The summed E-state index contributed by atoms with van der Waals surface area (Å²) in [6, 6.07) is 0. The lowest BCUT2D eigenvalue weighted by Crippen LogP contribution is -2.25. The molecule has 1 aromatic heterocycles. The van der Waals surface area contributed by atoms with E-state index in [-0.39, 0.29) is 22.7 Å². The second-order valence-electron chi connectivity index (χ2n) is 3.61. The van der Waals surface area contributed by atoms with E-state index >= 15 is 0 Å². The molecule has 2 heterocycles. The average molecular weight is 264 g/mol. The number of nitrogens with zero attached hydrogens (tertiary/aromatic N) is 2. The van der Waals surface area contributed by atoms with Crippen LogP contribution in [0.25, 0.3) is 0 Å². The maximum absolute atomic E-state index is 12.1. The Labute approximate surface area is 101 Å². The largest absolute Gasteiger partial charge is 0.315 e. The van der Waals surface area contributed by atoms with Crippen molar-refractivity contribution >= 4 is 22.2 Å². The number of hydrogen-bond acceptors (Lipinski definition) is 5. The van der Waals surface area contributed by atoms with E-state index in [4.69, 9.17) is 0 Å². The molecule has 5 nitrogen and oxygen atoms in total. The summed E-state index contributed by atoms with van der Waals surface area (Å²) in [4.78, 5) is 7.87. The van der Waals surface area contributed by atoms with Crippen LogP contribution in [0.1, 0.15) is 12.1 Å². The van der Waals surface area contributed by atoms with Crippen LogP contribution in [0.3, 0.4) is 0 Å². The molecule has 0 aliphatic carbocycles. The molecule has 1 aliphatic rings. The van der Waals surface area contributed by atoms with Crippen LogP contribution in [0, 0.1) is 6.92 Å². The van der Waals surface area contributed by atoms with Gasteiger partial charge in [-0.3, -0.25) is 4.98 Å². The number of aromatic nitrogens is 2. The first kappa shape index (κ1) is 13.3. The van der Waals surface area contributed by atoms with Gasteiger partial charge in [-0.1, -0.05) is 0 Å². The molecule has 0 radical (unpaired) electrons. The van der Waals surface area contributed by atoms with E-state index in [1.165, 1.54) is 12.4 Å². The summed E-state index contributed by atoms with van der Waals surface area (Å²) in [7, 11) is -3.31. The summed E-state index contributed by atoms with van der Waals surface area (Å²) in [5.74, 6) is 0. The molecule has 16 heavy (non-hydrogen) atoms. The van der Waals surface area contributed by atoms with Crippen LogP contribution in [-0.2, 0) is 9.84 Å². The third-order valence-corrected chi connectivity index (χ3v) is 4.78. The highest BCUT2D eigenvalue weighted by Crippen LogP contribution is 2.19. The van der Waals surface area contributed by atoms with E-state index in [0.717, 1.165) is 6.54 Å². The van der Waals surface area contributed by atoms with Crippen molar-refractivity contribution < 1.29 is 8.42 Å². The second kappa shape index (κ2) is 5.07. The van der Waals surface area contributed by atoms with Gasteiger partial charge < -0.3 is 5.32 Å². The zero-order valence-electron chi connectivity index (χ0n) is 8.88. The first-order valence-electron chi connectivity index (χ1n) is 4.84. The van der Waals surface area contributed by atoms with Gasteiger partial charge in [-0.15, -0.1) is 12.4 Å². The number of halogens is 1. The first-order valence-corrected chi connectivity index (χ1v) is 6.39. The molecule has 0 amide bonds. The van der Waals surface area contributed by atoms with Crippen LogP contribution in [0.5, 0.6) is 0 Å². The summed E-state index contributed by atoms with van der Waals surface area (Å²) in [5.41, 5.74) is 0.476. The predicted molar refractivity (Wildman–Crippen MR) is 62.5 cm³/mol. The van der Waals surface area contributed by atoms with Gasteiger partial charge in [-0.2, -0.15) is 0 Å². The minimum Gasteiger partial charge on any atom is -0.315 e. The SMILES string of the molecule is Cc1nccnc1S(=O)(=O)[C@@H]1CCNC1.Cl. The standard InChI is InChI=1S/C9H13N3O2S.ClH/c1-7-9(12-5-4-11-7)15(13,14)8-2-3-10-6-8;/h4-5,8,10H,2-3,6H2,1H3;1H/t8-;/m1./s1. The smallest absolute Gasteiger partial charge is 0.201 e. The molecule has 90 valence electrons. The topological polar surface area (TPSA) is 72.0 Å². The molecule has 1 fully saturated rings. The van der Waals surface area contributed by atoms with Crippen LogP contribution < -0.4 is 5.32 Å². The number of aryl methyl sites for hydroxylation is 1. The summed E-state index contributed by atoms with van der Waals surface area (Å²) in [5, 5.41) is 2.81. The van der Waals surface area contributed by atoms with Gasteiger partial charge in [-0.05, 0) is 19.9 Å². The van der Waals surface area contributed by atoms with Crippen LogP contribution in [0.15, 0.2) is 17.4 Å². The van der Waals surface area contributed by atoms with E-state index in [9.17, 15) is 8.42 Å². The highest BCUT2D eigenvalue weighted by Gasteiger charge is 2.32. The summed E-state index contributed by atoms with van der Waals surface area (Å²) >= 11 is 0. The van der Waals surface area contributed by atoms with E-state index < -0.39 is 9.84 Å². The highest BCUT2D eigenvalue weighted by molar-refractivity contribution is 7.92. The van der Waals surface area contributed by atoms with Crippen molar-refractivity contribution in [3.05, 3.63) is 18.1 Å². The number of hydrogen-bond donors (Lipinski definition) is 1. The fraction of sp³-hybridized carbons (Fsp3) is 0.556. The van der Waals surface area contributed by atoms with Gasteiger partial charge in [0.05, 0.1) is 10.9 Å². The Morgan fingerprint density at radius 1 is 1.38 bits per heavy atom. The molecule has 1 atom stereocenters. The monoisotopic (exact) mass is 263 g/mol. The van der Waals surface area contributed by atoms with E-state index in [0.29, 0.717) is 18.7 Å². The van der Waals surface area contributed by atoms with Gasteiger partial charge in [0.15, 0.2) is 5.03 Å². The zero-order valence-corrected chi connectivity index (χ0v) is 10.5. The van der Waals surface area contributed by atoms with Gasteiger partial charge in [0, 0.05) is 18.9 Å². The molecule has 0 spiro atoms. The van der Waals surface area contributed by atoms with E-state index in [2.05, 4.69) is 15.3 Å². The molecule has 1 saturated heterocycles. The van der Waals surface area contributed by atoms with Crippen LogP contribution in [0.4, 0.5) is 0 Å². The Kier molecular flexibility index (Phi) is 4.23. The summed E-state index contributed by atoms with van der Waals surface area (Å²) in [6.45, 7) is 2.93. The minimum atomic E-state index is -3.31. The van der Waals surface area contributed by atoms with Gasteiger partial charge in [0.1, 0.15) is 0 Å². The summed E-state index contributed by atoms with van der Waals surface area (Å²) < 4.78 is 24.2. The molecule has 0 unspecified atom stereocenters. The molecule has 0 saturated carbocycles. The Balaban J connectivity index is 0.00000128. The van der Waals surface area contributed by atoms with Crippen molar-refractivity contribution in [2.24, 2.45) is 0 Å². The Morgan fingerprint density at radius 2 is 2.06 bits per heavy atom. The fourth-order valence-electron chi connectivity index (χ4n) is 1.73. The van der Waals surface area contributed by atoms with E-state index in [1.54, 1.807) is 6.92 Å². The minimum absolute atomic E-state index is 0. The average Bonchev–Trinajstić information content (AvgIpc) is 2.71. The molecule has 2 rings (SSSR count). The molecule has 1 aromatic rings. The van der Waals surface area contributed by atoms with Gasteiger partial charge in [0.25, 0.3) is 0 Å². The predicted octanol–water partition coefficient (Wildman–Crippen LogP) is 0.342. The molecule has 1 aliphatic heterocycles. The summed E-state index contributed by atoms with van der Waals surface area (Å²) in [6.07, 6.45) is 3.57. The van der Waals surface area contributed by atoms with Crippen molar-refractivity contribution in [1.82, 2.24) is 15.3 Å². The first-order chi connectivity index (χ1) is 7.12. The maximum atomic E-state index is 12.1. The number of nitrogens with one attached hydrogen (secondary N) is 1. The Morgan fingerprint density at radius 3 is 2.62 bits per heavy atom. The van der Waals surface area contributed by atoms with Gasteiger partial charge in [0.2, 0.25) is 9.84 Å². The van der Waals surface area contributed by atoms with Gasteiger partial charge >= 0.3 is 0 Å². The lowest BCUT2D eigenvalue weighted by Gasteiger charge is -2.10. The van der Waals surface area contributed by atoms with Crippen molar-refractivity contribution in [2.45, 2.75) is 23.6 Å². The molecule has 0 bridgehead atoms. The molecule has 1 N–H and O–H groups in total. The third-order valence-electron chi connectivity index (χ3n) is 2.56. The Hall–Kier alpha value is -0.720. The lowest BCUT2D eigenvalue weighted by molar-refractivity contribution is 0.577. The fourth-order valence-corrected chi connectivity index (χ4v) is 3.48. The molecular formula is C9H14ClN3O2S. The van der Waals surface area contributed by atoms with Crippen LogP contribution >= 0.6 is 12.4 Å². The second-order valence-corrected chi connectivity index (χ2v) is 5.75. The maximum Gasteiger partial charge on any atom is 0.201 e. The van der Waals surface area contributed by atoms with Crippen molar-refractivity contribution in [3.63, 3.8) is 0 Å². The molecular weight excluding hydrogens is 250 g/mol. The zero-order chi connectivity index (χ0) is 10.9.